The van der Waals surface area contributed by atoms with E-state index in [4.69, 9.17) is 0 Å². The third-order valence-electron chi connectivity index (χ3n) is 1.29. The van der Waals surface area contributed by atoms with E-state index in [1.165, 1.54) is 0 Å². The van der Waals surface area contributed by atoms with Crippen LogP contribution < -0.4 is 5.43 Å². The van der Waals surface area contributed by atoms with Gasteiger partial charge in [-0.15, -0.1) is 0 Å². The highest BCUT2D eigenvalue weighted by Gasteiger charge is 1.91. The van der Waals surface area contributed by atoms with Gasteiger partial charge in [0, 0.05) is 0 Å². The second kappa shape index (κ2) is 5.65. The first kappa shape index (κ1) is 9.88. The zero-order chi connectivity index (χ0) is 8.69. The molecular weight excluding hydrogens is 138 g/mol. The van der Waals surface area contributed by atoms with Crippen molar-refractivity contribution >= 4 is 0 Å². The largest absolute Gasteiger partial charge is 0.261 e. The Kier molecular flexibility index (Phi) is 5.07. The number of nitrogens with zero attached hydrogens (tertiary/aromatic N) is 2. The summed E-state index contributed by atoms with van der Waals surface area (Å²) in [5.74, 6) is 0. The number of nitrogens with one attached hydrogen (secondary N) is 1. The minimum absolute atomic E-state index is 0.264. The van der Waals surface area contributed by atoms with E-state index < -0.39 is 0 Å². The number of hydrogen-bond acceptors (Lipinski definition) is 2. The molecule has 62 valence electrons. The summed E-state index contributed by atoms with van der Waals surface area (Å²) in [6.07, 6.45) is 2.58. The van der Waals surface area contributed by atoms with Crippen LogP contribution in [0.1, 0.15) is 20.3 Å². The monoisotopic (exact) mass is 153 g/mol. The average molecular weight is 153 g/mol. The Hall–Kier alpha value is -1.12. The standard InChI is InChI=1S/C8H15N3/c1-5-7(3)9-11-10-8(4)6-2/h5,8H,1,3,6H2,2,4H3,(H,9,10). The molecule has 0 rings (SSSR count). The van der Waals surface area contributed by atoms with E-state index in [0.29, 0.717) is 5.70 Å². The smallest absolute Gasteiger partial charge is 0.0699 e. The SMILES string of the molecule is C=CC(=C)NN=NC(C)CC. The van der Waals surface area contributed by atoms with Crippen LogP contribution in [0, 0.1) is 0 Å². The van der Waals surface area contributed by atoms with Crippen LogP contribution in [0.25, 0.3) is 0 Å². The van der Waals surface area contributed by atoms with Gasteiger partial charge in [0.25, 0.3) is 0 Å². The Labute approximate surface area is 67.9 Å². The highest BCUT2D eigenvalue weighted by molar-refractivity contribution is 5.06. The normalized spacial score (nSPS) is 12.9. The molecule has 0 aromatic carbocycles. The van der Waals surface area contributed by atoms with Gasteiger partial charge in [-0.1, -0.05) is 25.3 Å². The molecule has 0 heterocycles. The summed E-state index contributed by atoms with van der Waals surface area (Å²) in [6.45, 7) is 11.2. The van der Waals surface area contributed by atoms with Crippen molar-refractivity contribution in [3.63, 3.8) is 0 Å². The molecule has 0 aliphatic carbocycles. The maximum atomic E-state index is 3.94. The second-order valence-corrected chi connectivity index (χ2v) is 2.31. The molecule has 1 N–H and O–H groups in total. The van der Waals surface area contributed by atoms with Gasteiger partial charge < -0.3 is 0 Å². The molecule has 0 saturated carbocycles. The lowest BCUT2D eigenvalue weighted by Crippen LogP contribution is -2.02. The van der Waals surface area contributed by atoms with Crippen molar-refractivity contribution in [2.75, 3.05) is 0 Å². The van der Waals surface area contributed by atoms with Crippen molar-refractivity contribution in [1.29, 1.82) is 0 Å². The second-order valence-electron chi connectivity index (χ2n) is 2.31. The molecule has 0 aromatic rings. The quantitative estimate of drug-likeness (QED) is 0.367. The van der Waals surface area contributed by atoms with Crippen LogP contribution in [0.3, 0.4) is 0 Å². The molecule has 3 heteroatoms. The summed E-state index contributed by atoms with van der Waals surface area (Å²) in [5, 5.41) is 7.65. The highest BCUT2D eigenvalue weighted by Crippen LogP contribution is 1.94. The molecule has 0 spiro atoms. The molecule has 0 amide bonds. The molecule has 1 unspecified atom stereocenters. The molecule has 0 aliphatic heterocycles. The Morgan fingerprint density at radius 3 is 2.82 bits per heavy atom. The van der Waals surface area contributed by atoms with Crippen LogP contribution in [-0.4, -0.2) is 6.04 Å². The van der Waals surface area contributed by atoms with Gasteiger partial charge in [0.2, 0.25) is 0 Å². The van der Waals surface area contributed by atoms with Crippen LogP contribution in [0.5, 0.6) is 0 Å². The van der Waals surface area contributed by atoms with E-state index in [9.17, 15) is 0 Å². The summed E-state index contributed by atoms with van der Waals surface area (Å²) < 4.78 is 0. The van der Waals surface area contributed by atoms with Gasteiger partial charge in [0.1, 0.15) is 0 Å². The van der Waals surface area contributed by atoms with E-state index >= 15 is 0 Å². The number of hydrogen-bond donors (Lipinski definition) is 1. The molecule has 1 atom stereocenters. The summed E-state index contributed by atoms with van der Waals surface area (Å²) in [6, 6.07) is 0.264. The molecule has 0 saturated heterocycles. The predicted octanol–water partition coefficient (Wildman–Crippen LogP) is 2.44. The van der Waals surface area contributed by atoms with Crippen LogP contribution in [0.2, 0.25) is 0 Å². The fourth-order valence-corrected chi connectivity index (χ4v) is 0.319. The summed E-state index contributed by atoms with van der Waals surface area (Å²) in [5.41, 5.74) is 3.31. The molecule has 3 nitrogen and oxygen atoms in total. The molecule has 0 fully saturated rings. The summed E-state index contributed by atoms with van der Waals surface area (Å²) >= 11 is 0. The van der Waals surface area contributed by atoms with Gasteiger partial charge in [0.05, 0.1) is 11.7 Å². The molecule has 0 aromatic heterocycles. The minimum atomic E-state index is 0.264. The number of allylic oxidation sites excluding steroid dienone is 1. The zero-order valence-corrected chi connectivity index (χ0v) is 7.17. The Balaban J connectivity index is 3.59. The van der Waals surface area contributed by atoms with Crippen molar-refractivity contribution < 1.29 is 0 Å². The van der Waals surface area contributed by atoms with Gasteiger partial charge in [0.15, 0.2) is 0 Å². The van der Waals surface area contributed by atoms with Crippen molar-refractivity contribution in [2.24, 2.45) is 10.3 Å². The van der Waals surface area contributed by atoms with Gasteiger partial charge >= 0.3 is 0 Å². The molecule has 0 aliphatic rings. The van der Waals surface area contributed by atoms with Crippen LogP contribution in [-0.2, 0) is 0 Å². The van der Waals surface area contributed by atoms with E-state index in [2.05, 4.69) is 35.8 Å². The maximum absolute atomic E-state index is 3.94. The minimum Gasteiger partial charge on any atom is -0.261 e. The van der Waals surface area contributed by atoms with E-state index in [1.807, 2.05) is 6.92 Å². The van der Waals surface area contributed by atoms with Gasteiger partial charge in [-0.2, -0.15) is 5.11 Å². The molecular formula is C8H15N3. The summed E-state index contributed by atoms with van der Waals surface area (Å²) in [7, 11) is 0. The van der Waals surface area contributed by atoms with Crippen LogP contribution in [0.4, 0.5) is 0 Å². The first-order chi connectivity index (χ1) is 5.20. The Bertz CT molecular complexity index is 161. The fraction of sp³-hybridized carbons (Fsp3) is 0.500. The van der Waals surface area contributed by atoms with E-state index in [-0.39, 0.29) is 6.04 Å². The van der Waals surface area contributed by atoms with Crippen molar-refractivity contribution in [3.8, 4) is 0 Å². The lowest BCUT2D eigenvalue weighted by atomic mass is 10.3. The van der Waals surface area contributed by atoms with Crippen molar-refractivity contribution in [1.82, 2.24) is 5.43 Å². The topological polar surface area (TPSA) is 36.8 Å². The molecule has 0 radical (unpaired) electrons. The van der Waals surface area contributed by atoms with Gasteiger partial charge in [-0.25, -0.2) is 0 Å². The van der Waals surface area contributed by atoms with Crippen molar-refractivity contribution in [3.05, 3.63) is 24.9 Å². The third kappa shape index (κ3) is 5.33. The lowest BCUT2D eigenvalue weighted by Gasteiger charge is -1.99. The summed E-state index contributed by atoms with van der Waals surface area (Å²) in [4.78, 5) is 0. The van der Waals surface area contributed by atoms with E-state index in [0.717, 1.165) is 6.42 Å². The highest BCUT2D eigenvalue weighted by atomic mass is 15.4. The fourth-order valence-electron chi connectivity index (χ4n) is 0.319. The molecule has 11 heavy (non-hydrogen) atoms. The third-order valence-corrected chi connectivity index (χ3v) is 1.29. The van der Waals surface area contributed by atoms with E-state index in [1.54, 1.807) is 6.08 Å². The Morgan fingerprint density at radius 2 is 2.36 bits per heavy atom. The lowest BCUT2D eigenvalue weighted by molar-refractivity contribution is 0.636. The van der Waals surface area contributed by atoms with Gasteiger partial charge in [-0.3, -0.25) is 5.43 Å². The first-order valence-electron chi connectivity index (χ1n) is 3.67. The van der Waals surface area contributed by atoms with Crippen molar-refractivity contribution in [2.45, 2.75) is 26.3 Å². The zero-order valence-electron chi connectivity index (χ0n) is 7.17. The average Bonchev–Trinajstić information content (AvgIpc) is 2.04. The first-order valence-corrected chi connectivity index (χ1v) is 3.67. The van der Waals surface area contributed by atoms with Crippen LogP contribution in [0.15, 0.2) is 35.3 Å². The predicted molar refractivity (Wildman–Crippen MR) is 47.1 cm³/mol. The van der Waals surface area contributed by atoms with Gasteiger partial charge in [-0.05, 0) is 19.4 Å². The number of rotatable bonds is 5. The van der Waals surface area contributed by atoms with Crippen LogP contribution >= 0.6 is 0 Å². The Morgan fingerprint density at radius 1 is 1.73 bits per heavy atom. The molecule has 0 bridgehead atoms. The maximum Gasteiger partial charge on any atom is 0.0699 e.